The fraction of sp³-hybridized carbons (Fsp3) is 0.214. The van der Waals surface area contributed by atoms with Crippen molar-refractivity contribution >= 4 is 17.4 Å². The molecule has 0 unspecified atom stereocenters. The first kappa shape index (κ1) is 11.9. The number of hydrogen-bond donors (Lipinski definition) is 0. The molecular formula is C14H13ClO2. The van der Waals surface area contributed by atoms with Crippen molar-refractivity contribution in [2.24, 2.45) is 0 Å². The van der Waals surface area contributed by atoms with Gasteiger partial charge < -0.3 is 4.42 Å². The van der Waals surface area contributed by atoms with Crippen LogP contribution in [0.25, 0.3) is 11.1 Å². The highest BCUT2D eigenvalue weighted by molar-refractivity contribution is 6.33. The monoisotopic (exact) mass is 248 g/mol. The summed E-state index contributed by atoms with van der Waals surface area (Å²) >= 11 is 6.16. The molecule has 3 heteroatoms. The Morgan fingerprint density at radius 2 is 1.82 bits per heavy atom. The van der Waals surface area contributed by atoms with Crippen LogP contribution >= 0.6 is 11.6 Å². The lowest BCUT2D eigenvalue weighted by atomic mass is 9.98. The van der Waals surface area contributed by atoms with Crippen molar-refractivity contribution < 1.29 is 9.21 Å². The number of ketones is 1. The Morgan fingerprint density at radius 1 is 1.18 bits per heavy atom. The van der Waals surface area contributed by atoms with Gasteiger partial charge in [-0.1, -0.05) is 29.8 Å². The van der Waals surface area contributed by atoms with Gasteiger partial charge >= 0.3 is 0 Å². The summed E-state index contributed by atoms with van der Waals surface area (Å²) in [6, 6.07) is 7.46. The highest BCUT2D eigenvalue weighted by Crippen LogP contribution is 2.36. The molecule has 0 radical (unpaired) electrons. The van der Waals surface area contributed by atoms with Gasteiger partial charge in [0.05, 0.1) is 5.56 Å². The first-order valence-electron chi connectivity index (χ1n) is 5.38. The lowest BCUT2D eigenvalue weighted by Gasteiger charge is -2.04. The zero-order chi connectivity index (χ0) is 12.6. The largest absolute Gasteiger partial charge is 0.465 e. The van der Waals surface area contributed by atoms with Crippen molar-refractivity contribution in [3.63, 3.8) is 0 Å². The molecule has 1 heterocycles. The molecular weight excluding hydrogens is 236 g/mol. The van der Waals surface area contributed by atoms with Crippen LogP contribution in [0.15, 0.2) is 28.7 Å². The van der Waals surface area contributed by atoms with Crippen LogP contribution in [0.2, 0.25) is 5.02 Å². The van der Waals surface area contributed by atoms with Crippen LogP contribution < -0.4 is 0 Å². The van der Waals surface area contributed by atoms with Crippen LogP contribution in [0.1, 0.15) is 28.8 Å². The molecule has 0 saturated heterocycles. The fourth-order valence-electron chi connectivity index (χ4n) is 2.10. The predicted octanol–water partition coefficient (Wildman–Crippen LogP) is 4.42. The quantitative estimate of drug-likeness (QED) is 0.737. The van der Waals surface area contributed by atoms with E-state index in [4.69, 9.17) is 16.0 Å². The van der Waals surface area contributed by atoms with E-state index in [2.05, 4.69) is 0 Å². The van der Waals surface area contributed by atoms with E-state index in [-0.39, 0.29) is 5.78 Å². The lowest BCUT2D eigenvalue weighted by Crippen LogP contribution is -1.95. The molecule has 0 N–H and O–H groups in total. The van der Waals surface area contributed by atoms with E-state index in [0.717, 1.165) is 16.9 Å². The molecule has 0 bridgehead atoms. The third-order valence-corrected chi connectivity index (χ3v) is 3.09. The number of benzene rings is 1. The smallest absolute Gasteiger partial charge is 0.163 e. The molecule has 1 aromatic heterocycles. The Labute approximate surface area is 105 Å². The SMILES string of the molecule is CC(=O)c1c(C)oc(C)c1-c1ccccc1Cl. The van der Waals surface area contributed by atoms with E-state index in [1.54, 1.807) is 6.92 Å². The Hall–Kier alpha value is -1.54. The summed E-state index contributed by atoms with van der Waals surface area (Å²) in [5.41, 5.74) is 2.27. The molecule has 17 heavy (non-hydrogen) atoms. The van der Waals surface area contributed by atoms with Crippen molar-refractivity contribution in [2.75, 3.05) is 0 Å². The molecule has 2 rings (SSSR count). The molecule has 0 saturated carbocycles. The summed E-state index contributed by atoms with van der Waals surface area (Å²) in [6.45, 7) is 5.18. The third kappa shape index (κ3) is 2.01. The summed E-state index contributed by atoms with van der Waals surface area (Å²) in [6.07, 6.45) is 0. The summed E-state index contributed by atoms with van der Waals surface area (Å²) in [4.78, 5) is 11.7. The summed E-state index contributed by atoms with van der Waals surface area (Å²) < 4.78 is 5.54. The number of hydrogen-bond acceptors (Lipinski definition) is 2. The van der Waals surface area contributed by atoms with Crippen LogP contribution in [-0.4, -0.2) is 5.78 Å². The van der Waals surface area contributed by atoms with E-state index in [9.17, 15) is 4.79 Å². The van der Waals surface area contributed by atoms with Gasteiger partial charge in [-0.25, -0.2) is 0 Å². The molecule has 2 nitrogen and oxygen atoms in total. The Kier molecular flexibility index (Phi) is 3.07. The van der Waals surface area contributed by atoms with Crippen LogP contribution in [0.4, 0.5) is 0 Å². The number of aryl methyl sites for hydroxylation is 2. The average Bonchev–Trinajstić information content (AvgIpc) is 2.54. The van der Waals surface area contributed by atoms with E-state index >= 15 is 0 Å². The number of furan rings is 1. The Balaban J connectivity index is 2.76. The summed E-state index contributed by atoms with van der Waals surface area (Å²) in [7, 11) is 0. The molecule has 0 aliphatic rings. The molecule has 2 aromatic rings. The zero-order valence-corrected chi connectivity index (χ0v) is 10.8. The highest BCUT2D eigenvalue weighted by atomic mass is 35.5. The Morgan fingerprint density at radius 3 is 2.41 bits per heavy atom. The zero-order valence-electron chi connectivity index (χ0n) is 10.0. The van der Waals surface area contributed by atoms with Gasteiger partial charge in [-0.05, 0) is 26.8 Å². The maximum Gasteiger partial charge on any atom is 0.163 e. The standard InChI is InChI=1S/C14H13ClO2/c1-8(16)13-9(2)17-10(3)14(13)11-6-4-5-7-12(11)15/h4-7H,1-3H3. The minimum atomic E-state index is -0.00531. The van der Waals surface area contributed by atoms with E-state index in [0.29, 0.717) is 16.3 Å². The number of Topliss-reactive ketones (excluding diaryl/α,β-unsaturated/α-hetero) is 1. The van der Waals surface area contributed by atoms with Gasteiger partial charge in [-0.2, -0.15) is 0 Å². The van der Waals surface area contributed by atoms with Crippen LogP contribution in [0, 0.1) is 13.8 Å². The third-order valence-electron chi connectivity index (χ3n) is 2.76. The summed E-state index contributed by atoms with van der Waals surface area (Å²) in [5.74, 6) is 1.36. The first-order chi connectivity index (χ1) is 8.02. The van der Waals surface area contributed by atoms with Crippen molar-refractivity contribution in [1.29, 1.82) is 0 Å². The molecule has 0 aliphatic heterocycles. The van der Waals surface area contributed by atoms with E-state index in [1.165, 1.54) is 6.92 Å². The van der Waals surface area contributed by atoms with Crippen molar-refractivity contribution in [1.82, 2.24) is 0 Å². The van der Waals surface area contributed by atoms with Gasteiger partial charge in [0, 0.05) is 16.1 Å². The second-order valence-corrected chi connectivity index (χ2v) is 4.41. The van der Waals surface area contributed by atoms with Crippen LogP contribution in [0.5, 0.6) is 0 Å². The lowest BCUT2D eigenvalue weighted by molar-refractivity contribution is 0.101. The number of rotatable bonds is 2. The first-order valence-corrected chi connectivity index (χ1v) is 5.76. The van der Waals surface area contributed by atoms with Crippen LogP contribution in [0.3, 0.4) is 0 Å². The molecule has 0 spiro atoms. The van der Waals surface area contributed by atoms with Gasteiger partial charge in [0.2, 0.25) is 0 Å². The topological polar surface area (TPSA) is 30.2 Å². The maximum atomic E-state index is 11.7. The van der Waals surface area contributed by atoms with Gasteiger partial charge in [-0.3, -0.25) is 4.79 Å². The second-order valence-electron chi connectivity index (χ2n) is 4.00. The molecule has 1 aromatic carbocycles. The minimum absolute atomic E-state index is 0.00531. The van der Waals surface area contributed by atoms with Crippen molar-refractivity contribution in [3.8, 4) is 11.1 Å². The van der Waals surface area contributed by atoms with E-state index in [1.807, 2.05) is 31.2 Å². The fourth-order valence-corrected chi connectivity index (χ4v) is 2.33. The van der Waals surface area contributed by atoms with E-state index < -0.39 is 0 Å². The predicted molar refractivity (Wildman–Crippen MR) is 68.6 cm³/mol. The molecule has 0 atom stereocenters. The Bertz CT molecular complexity index is 582. The second kappa shape index (κ2) is 4.38. The molecule has 88 valence electrons. The number of carbonyl (C=O) groups excluding carboxylic acids is 1. The van der Waals surface area contributed by atoms with Crippen LogP contribution in [-0.2, 0) is 0 Å². The normalized spacial score (nSPS) is 10.6. The van der Waals surface area contributed by atoms with Gasteiger partial charge in [0.25, 0.3) is 0 Å². The summed E-state index contributed by atoms with van der Waals surface area (Å²) in [5, 5.41) is 0.624. The average molecular weight is 249 g/mol. The van der Waals surface area contributed by atoms with Gasteiger partial charge in [-0.15, -0.1) is 0 Å². The maximum absolute atomic E-state index is 11.7. The molecule has 0 aliphatic carbocycles. The minimum Gasteiger partial charge on any atom is -0.465 e. The molecule has 0 fully saturated rings. The van der Waals surface area contributed by atoms with Gasteiger partial charge in [0.1, 0.15) is 11.5 Å². The molecule has 0 amide bonds. The van der Waals surface area contributed by atoms with Crippen molar-refractivity contribution in [2.45, 2.75) is 20.8 Å². The van der Waals surface area contributed by atoms with Crippen molar-refractivity contribution in [3.05, 3.63) is 46.4 Å². The number of carbonyl (C=O) groups is 1. The highest BCUT2D eigenvalue weighted by Gasteiger charge is 2.21. The van der Waals surface area contributed by atoms with Gasteiger partial charge in [0.15, 0.2) is 5.78 Å². The number of halogens is 1.